The molecule has 1 aliphatic carbocycles. The van der Waals surface area contributed by atoms with E-state index in [2.05, 4.69) is 25.3 Å². The first-order chi connectivity index (χ1) is 16.2. The minimum atomic E-state index is -0.515. The summed E-state index contributed by atoms with van der Waals surface area (Å²) in [5.41, 5.74) is 2.64. The number of hydrogen-bond acceptors (Lipinski definition) is 6. The lowest BCUT2D eigenvalue weighted by atomic mass is 10.1. The molecule has 33 heavy (non-hydrogen) atoms. The summed E-state index contributed by atoms with van der Waals surface area (Å²) in [5, 5.41) is 2.79. The van der Waals surface area contributed by atoms with Gasteiger partial charge in [-0.05, 0) is 30.5 Å². The van der Waals surface area contributed by atoms with Crippen LogP contribution < -0.4 is 10.1 Å². The number of carbonyl (C=O) groups is 1. The number of aromatic nitrogens is 4. The van der Waals surface area contributed by atoms with Gasteiger partial charge in [0, 0.05) is 35.5 Å². The first-order valence-electron chi connectivity index (χ1n) is 10.6. The Labute approximate surface area is 189 Å². The summed E-state index contributed by atoms with van der Waals surface area (Å²) in [5.74, 6) is 0.185. The first-order valence-corrected chi connectivity index (χ1v) is 10.6. The van der Waals surface area contributed by atoms with Gasteiger partial charge < -0.3 is 10.1 Å². The maximum absolute atomic E-state index is 14.5. The van der Waals surface area contributed by atoms with Crippen molar-refractivity contribution in [3.8, 4) is 28.4 Å². The molecule has 1 fully saturated rings. The molecule has 1 N–H and O–H groups in total. The third-order valence-electron chi connectivity index (χ3n) is 5.24. The molecule has 1 amide bonds. The van der Waals surface area contributed by atoms with E-state index < -0.39 is 5.82 Å². The third-order valence-corrected chi connectivity index (χ3v) is 5.24. The zero-order valence-electron chi connectivity index (χ0n) is 17.6. The van der Waals surface area contributed by atoms with Crippen molar-refractivity contribution in [2.75, 3.05) is 5.32 Å². The van der Waals surface area contributed by atoms with E-state index in [0.717, 1.165) is 24.6 Å². The van der Waals surface area contributed by atoms with Crippen molar-refractivity contribution in [1.29, 1.82) is 0 Å². The van der Waals surface area contributed by atoms with Crippen LogP contribution in [0.2, 0.25) is 0 Å². The van der Waals surface area contributed by atoms with Crippen molar-refractivity contribution < 1.29 is 13.9 Å². The Balaban J connectivity index is 1.45. The number of nitrogens with zero attached hydrogens (tertiary/aromatic N) is 4. The first kappa shape index (κ1) is 20.7. The fourth-order valence-electron chi connectivity index (χ4n) is 3.33. The van der Waals surface area contributed by atoms with E-state index in [4.69, 9.17) is 4.74 Å². The van der Waals surface area contributed by atoms with Crippen molar-refractivity contribution in [3.63, 3.8) is 0 Å². The van der Waals surface area contributed by atoms with Crippen LogP contribution in [0.1, 0.15) is 18.4 Å². The van der Waals surface area contributed by atoms with Gasteiger partial charge >= 0.3 is 0 Å². The van der Waals surface area contributed by atoms with E-state index in [-0.39, 0.29) is 17.4 Å². The number of anilines is 1. The third kappa shape index (κ3) is 4.85. The second-order valence-corrected chi connectivity index (χ2v) is 7.73. The van der Waals surface area contributed by atoms with Crippen LogP contribution in [-0.4, -0.2) is 25.8 Å². The standard InChI is InChI=1S/C25H20FN5O2/c26-20-13-27-11-10-19(20)24-23(30-21(14-29-24)31-25(32)17-6-7-17)18-8-9-22(28-12-18)33-15-16-4-2-1-3-5-16/h1-5,8-14,17H,6-7,15H2,(H,30,31,32). The van der Waals surface area contributed by atoms with Gasteiger partial charge in [-0.15, -0.1) is 0 Å². The van der Waals surface area contributed by atoms with Gasteiger partial charge in [-0.2, -0.15) is 0 Å². The highest BCUT2D eigenvalue weighted by Crippen LogP contribution is 2.33. The van der Waals surface area contributed by atoms with E-state index in [1.807, 2.05) is 30.3 Å². The number of halogens is 1. The van der Waals surface area contributed by atoms with E-state index in [0.29, 0.717) is 35.3 Å². The van der Waals surface area contributed by atoms with E-state index in [1.165, 1.54) is 18.5 Å². The van der Waals surface area contributed by atoms with Crippen LogP contribution >= 0.6 is 0 Å². The minimum Gasteiger partial charge on any atom is -0.473 e. The maximum Gasteiger partial charge on any atom is 0.228 e. The molecule has 1 aliphatic rings. The lowest BCUT2D eigenvalue weighted by molar-refractivity contribution is -0.117. The SMILES string of the molecule is O=C(Nc1cnc(-c2ccncc2F)c(-c2ccc(OCc3ccccc3)nc2)n1)C1CC1. The normalized spacial score (nSPS) is 12.9. The van der Waals surface area contributed by atoms with Gasteiger partial charge in [0.1, 0.15) is 12.3 Å². The quantitative estimate of drug-likeness (QED) is 0.448. The smallest absolute Gasteiger partial charge is 0.228 e. The highest BCUT2D eigenvalue weighted by molar-refractivity contribution is 5.93. The molecule has 0 aliphatic heterocycles. The van der Waals surface area contributed by atoms with E-state index in [9.17, 15) is 9.18 Å². The zero-order chi connectivity index (χ0) is 22.6. The highest BCUT2D eigenvalue weighted by Gasteiger charge is 2.30. The van der Waals surface area contributed by atoms with Gasteiger partial charge in [0.05, 0.1) is 18.1 Å². The molecule has 164 valence electrons. The molecule has 1 aromatic carbocycles. The summed E-state index contributed by atoms with van der Waals surface area (Å²) >= 11 is 0. The molecular weight excluding hydrogens is 421 g/mol. The van der Waals surface area contributed by atoms with Gasteiger partial charge in [0.2, 0.25) is 11.8 Å². The summed E-state index contributed by atoms with van der Waals surface area (Å²) in [7, 11) is 0. The van der Waals surface area contributed by atoms with E-state index in [1.54, 1.807) is 18.3 Å². The fourth-order valence-corrected chi connectivity index (χ4v) is 3.33. The topological polar surface area (TPSA) is 89.9 Å². The number of rotatable bonds is 7. The monoisotopic (exact) mass is 441 g/mol. The summed E-state index contributed by atoms with van der Waals surface area (Å²) in [6.45, 7) is 0.392. The van der Waals surface area contributed by atoms with Crippen LogP contribution in [0.4, 0.5) is 10.2 Å². The predicted octanol–water partition coefficient (Wildman–Crippen LogP) is 4.67. The highest BCUT2D eigenvalue weighted by atomic mass is 19.1. The van der Waals surface area contributed by atoms with Crippen molar-refractivity contribution >= 4 is 11.7 Å². The van der Waals surface area contributed by atoms with Gasteiger partial charge in [0.25, 0.3) is 0 Å². The van der Waals surface area contributed by atoms with Crippen LogP contribution in [0, 0.1) is 11.7 Å². The molecular formula is C25H20FN5O2. The molecule has 4 aromatic rings. The molecule has 0 radical (unpaired) electrons. The summed E-state index contributed by atoms with van der Waals surface area (Å²) in [4.78, 5) is 29.4. The van der Waals surface area contributed by atoms with Crippen molar-refractivity contribution in [2.24, 2.45) is 5.92 Å². The molecule has 0 bridgehead atoms. The van der Waals surface area contributed by atoms with Gasteiger partial charge in [-0.1, -0.05) is 30.3 Å². The number of hydrogen-bond donors (Lipinski definition) is 1. The van der Waals surface area contributed by atoms with Crippen LogP contribution in [0.15, 0.2) is 73.3 Å². The average molecular weight is 441 g/mol. The zero-order valence-corrected chi connectivity index (χ0v) is 17.6. The number of nitrogens with one attached hydrogen (secondary N) is 1. The number of ether oxygens (including phenoxy) is 1. The molecule has 5 rings (SSSR count). The van der Waals surface area contributed by atoms with Crippen molar-refractivity contribution in [2.45, 2.75) is 19.4 Å². The fraction of sp³-hybridized carbons (Fsp3) is 0.160. The van der Waals surface area contributed by atoms with Gasteiger partial charge in [-0.25, -0.2) is 19.3 Å². The molecule has 1 saturated carbocycles. The van der Waals surface area contributed by atoms with E-state index >= 15 is 0 Å². The predicted molar refractivity (Wildman–Crippen MR) is 121 cm³/mol. The Kier molecular flexibility index (Phi) is 5.72. The number of amides is 1. The van der Waals surface area contributed by atoms with Crippen LogP contribution in [-0.2, 0) is 11.4 Å². The van der Waals surface area contributed by atoms with Gasteiger partial charge in [0.15, 0.2) is 11.6 Å². The number of carbonyl (C=O) groups excluding carboxylic acids is 1. The molecule has 3 aromatic heterocycles. The molecule has 8 heteroatoms. The van der Waals surface area contributed by atoms with Crippen molar-refractivity contribution in [3.05, 3.63) is 84.7 Å². The Bertz CT molecular complexity index is 1280. The Hall–Kier alpha value is -4.20. The largest absolute Gasteiger partial charge is 0.473 e. The molecule has 0 saturated heterocycles. The minimum absolute atomic E-state index is 0.0234. The summed E-state index contributed by atoms with van der Waals surface area (Å²) < 4.78 is 20.2. The molecule has 0 spiro atoms. The van der Waals surface area contributed by atoms with Crippen LogP contribution in [0.5, 0.6) is 5.88 Å². The van der Waals surface area contributed by atoms with Crippen LogP contribution in [0.3, 0.4) is 0 Å². The van der Waals surface area contributed by atoms with Crippen molar-refractivity contribution in [1.82, 2.24) is 19.9 Å². The maximum atomic E-state index is 14.5. The molecule has 7 nitrogen and oxygen atoms in total. The Morgan fingerprint density at radius 3 is 2.58 bits per heavy atom. The summed E-state index contributed by atoms with van der Waals surface area (Å²) in [6, 6.07) is 14.8. The average Bonchev–Trinajstić information content (AvgIpc) is 3.70. The number of pyridine rings is 2. The lowest BCUT2D eigenvalue weighted by Gasteiger charge is -2.12. The second-order valence-electron chi connectivity index (χ2n) is 7.73. The lowest BCUT2D eigenvalue weighted by Crippen LogP contribution is -2.15. The molecule has 3 heterocycles. The molecule has 0 atom stereocenters. The summed E-state index contributed by atoms with van der Waals surface area (Å²) in [6.07, 6.45) is 7.40. The van der Waals surface area contributed by atoms with Crippen LogP contribution in [0.25, 0.3) is 22.5 Å². The Morgan fingerprint density at radius 1 is 1.00 bits per heavy atom. The number of benzene rings is 1. The van der Waals surface area contributed by atoms with Gasteiger partial charge in [-0.3, -0.25) is 9.78 Å². The molecule has 0 unspecified atom stereocenters. The second kappa shape index (κ2) is 9.12. The Morgan fingerprint density at radius 2 is 1.85 bits per heavy atom.